The van der Waals surface area contributed by atoms with E-state index < -0.39 is 11.8 Å². The molecular formula is C28H37Cl2F2N5O. The Balaban J connectivity index is 0.000000425. The molecule has 0 radical (unpaired) electrons. The number of anilines is 1. The number of ether oxygens (including phenoxy) is 1. The molecule has 1 aliphatic carbocycles. The topological polar surface area (TPSA) is 46.4 Å². The monoisotopic (exact) mass is 567 g/mol. The number of piperazine rings is 1. The van der Waals surface area contributed by atoms with Gasteiger partial charge in [0.1, 0.15) is 10.7 Å². The molecule has 3 atom stereocenters. The molecule has 0 bridgehead atoms. The van der Waals surface area contributed by atoms with Crippen LogP contribution in [0.3, 0.4) is 0 Å². The average molecular weight is 569 g/mol. The number of rotatable bonds is 4. The molecule has 10 heteroatoms. The Labute approximate surface area is 233 Å². The first-order chi connectivity index (χ1) is 18.2. The molecule has 3 aromatic rings. The normalized spacial score (nSPS) is 23.3. The summed E-state index contributed by atoms with van der Waals surface area (Å²) in [5.41, 5.74) is 3.36. The highest BCUT2D eigenvalue weighted by atomic mass is 35.5. The fraction of sp³-hybridized carbons (Fsp3) is 0.571. The van der Waals surface area contributed by atoms with Crippen LogP contribution in [0.15, 0.2) is 36.7 Å². The van der Waals surface area contributed by atoms with Crippen molar-refractivity contribution in [1.29, 1.82) is 0 Å². The fourth-order valence-corrected chi connectivity index (χ4v) is 5.62. The summed E-state index contributed by atoms with van der Waals surface area (Å²) in [5, 5.41) is 1.02. The first kappa shape index (κ1) is 29.0. The third kappa shape index (κ3) is 6.41. The highest BCUT2D eigenvalue weighted by Crippen LogP contribution is 2.57. The fourth-order valence-electron chi connectivity index (χ4n) is 5.31. The Morgan fingerprint density at radius 2 is 1.74 bits per heavy atom. The lowest BCUT2D eigenvalue weighted by atomic mass is 9.98. The van der Waals surface area contributed by atoms with Crippen LogP contribution in [0, 0.1) is 5.92 Å². The van der Waals surface area contributed by atoms with Crippen LogP contribution in [-0.2, 0) is 11.8 Å². The summed E-state index contributed by atoms with van der Waals surface area (Å²) in [4.78, 5) is 13.3. The molecule has 208 valence electrons. The van der Waals surface area contributed by atoms with E-state index in [0.717, 1.165) is 35.6 Å². The number of benzene rings is 1. The second-order valence-corrected chi connectivity index (χ2v) is 10.7. The van der Waals surface area contributed by atoms with Crippen LogP contribution in [-0.4, -0.2) is 64.2 Å². The van der Waals surface area contributed by atoms with E-state index in [2.05, 4.69) is 26.7 Å². The van der Waals surface area contributed by atoms with Crippen molar-refractivity contribution in [3.63, 3.8) is 0 Å². The van der Waals surface area contributed by atoms with E-state index in [1.165, 1.54) is 12.8 Å². The van der Waals surface area contributed by atoms with E-state index in [-0.39, 0.29) is 18.5 Å². The zero-order valence-corrected chi connectivity index (χ0v) is 24.0. The first-order valence-corrected chi connectivity index (χ1v) is 14.2. The minimum absolute atomic E-state index is 0.0661. The molecule has 6 nitrogen and oxygen atoms in total. The molecule has 2 aromatic heterocycles. The van der Waals surface area contributed by atoms with Gasteiger partial charge >= 0.3 is 0 Å². The highest BCUT2D eigenvalue weighted by Gasteiger charge is 2.62. The molecule has 3 unspecified atom stereocenters. The zero-order valence-electron chi connectivity index (χ0n) is 22.5. The third-order valence-corrected chi connectivity index (χ3v) is 7.72. The molecular weight excluding hydrogens is 531 g/mol. The van der Waals surface area contributed by atoms with Crippen LogP contribution < -0.4 is 4.90 Å². The number of pyridine rings is 1. The van der Waals surface area contributed by atoms with E-state index in [4.69, 9.17) is 27.9 Å². The first-order valence-electron chi connectivity index (χ1n) is 13.4. The quantitative estimate of drug-likeness (QED) is 0.317. The number of hydrogen-bond donors (Lipinski definition) is 0. The van der Waals surface area contributed by atoms with Crippen molar-refractivity contribution in [2.45, 2.75) is 58.0 Å². The SMILES string of the molecule is C1CCOC1.CC.CC1CN(C(c2ccc(Cl)cc2)C2CC2(F)F)CCN1c1cc(Cl)nc2c1ncn2C. The molecule has 1 aromatic carbocycles. The maximum absolute atomic E-state index is 14.1. The third-order valence-electron chi connectivity index (χ3n) is 7.27. The maximum Gasteiger partial charge on any atom is 0.253 e. The van der Waals surface area contributed by atoms with Crippen LogP contribution in [0.4, 0.5) is 14.5 Å². The molecule has 4 heterocycles. The molecule has 3 fully saturated rings. The van der Waals surface area contributed by atoms with Crippen molar-refractivity contribution in [3.8, 4) is 0 Å². The van der Waals surface area contributed by atoms with Crippen LogP contribution in [0.1, 0.15) is 51.6 Å². The Bertz CT molecular complexity index is 1190. The predicted octanol–water partition coefficient (Wildman–Crippen LogP) is 7.01. The molecule has 1 saturated carbocycles. The maximum atomic E-state index is 14.1. The number of nitrogens with zero attached hydrogens (tertiary/aromatic N) is 5. The average Bonchev–Trinajstić information content (AvgIpc) is 3.31. The van der Waals surface area contributed by atoms with Crippen LogP contribution in [0.2, 0.25) is 10.2 Å². The molecule has 6 rings (SSSR count). The van der Waals surface area contributed by atoms with Gasteiger partial charge in [-0.2, -0.15) is 0 Å². The minimum Gasteiger partial charge on any atom is -0.381 e. The smallest absolute Gasteiger partial charge is 0.253 e. The molecule has 0 amide bonds. The van der Waals surface area contributed by atoms with Gasteiger partial charge in [0, 0.05) is 75.4 Å². The summed E-state index contributed by atoms with van der Waals surface area (Å²) in [6, 6.07) is 8.92. The van der Waals surface area contributed by atoms with Gasteiger partial charge in [-0.3, -0.25) is 4.90 Å². The molecule has 38 heavy (non-hydrogen) atoms. The van der Waals surface area contributed by atoms with Crippen molar-refractivity contribution < 1.29 is 13.5 Å². The summed E-state index contributed by atoms with van der Waals surface area (Å²) in [5.74, 6) is -3.27. The van der Waals surface area contributed by atoms with Crippen molar-refractivity contribution in [1.82, 2.24) is 19.4 Å². The minimum atomic E-state index is -2.61. The molecule has 0 N–H and O–H groups in total. The lowest BCUT2D eigenvalue weighted by molar-refractivity contribution is 0.0570. The van der Waals surface area contributed by atoms with Gasteiger partial charge in [-0.25, -0.2) is 18.7 Å². The number of alkyl halides is 2. The van der Waals surface area contributed by atoms with Gasteiger partial charge in [-0.1, -0.05) is 49.2 Å². The number of hydrogen-bond acceptors (Lipinski definition) is 5. The van der Waals surface area contributed by atoms with Gasteiger partial charge in [0.25, 0.3) is 5.92 Å². The van der Waals surface area contributed by atoms with E-state index in [0.29, 0.717) is 29.8 Å². The Morgan fingerprint density at radius 1 is 1.08 bits per heavy atom. The van der Waals surface area contributed by atoms with Gasteiger partial charge in [0.2, 0.25) is 0 Å². The van der Waals surface area contributed by atoms with Crippen LogP contribution >= 0.6 is 23.2 Å². The summed E-state index contributed by atoms with van der Waals surface area (Å²) in [6.07, 6.45) is 4.22. The Kier molecular flexibility index (Phi) is 9.50. The Hall–Kier alpha value is -2.00. The van der Waals surface area contributed by atoms with E-state index in [1.54, 1.807) is 18.5 Å². The summed E-state index contributed by atoms with van der Waals surface area (Å²) < 4.78 is 35.1. The molecule has 2 saturated heterocycles. The second-order valence-electron chi connectivity index (χ2n) is 9.92. The van der Waals surface area contributed by atoms with Gasteiger partial charge in [0.05, 0.1) is 12.0 Å². The largest absolute Gasteiger partial charge is 0.381 e. The molecule has 2 aliphatic heterocycles. The van der Waals surface area contributed by atoms with Gasteiger partial charge in [-0.05, 0) is 37.5 Å². The lowest BCUT2D eigenvalue weighted by Crippen LogP contribution is -2.53. The lowest BCUT2D eigenvalue weighted by Gasteiger charge is -2.44. The number of imidazole rings is 1. The van der Waals surface area contributed by atoms with Crippen molar-refractivity contribution in [3.05, 3.63) is 52.4 Å². The zero-order chi connectivity index (χ0) is 27.4. The van der Waals surface area contributed by atoms with Gasteiger partial charge in [-0.15, -0.1) is 0 Å². The van der Waals surface area contributed by atoms with Crippen molar-refractivity contribution >= 4 is 40.1 Å². The number of fused-ring (bicyclic) bond motifs is 1. The molecule has 0 spiro atoms. The summed E-state index contributed by atoms with van der Waals surface area (Å²) in [6.45, 7) is 10.1. The summed E-state index contributed by atoms with van der Waals surface area (Å²) in [7, 11) is 1.89. The predicted molar refractivity (Wildman–Crippen MR) is 151 cm³/mol. The van der Waals surface area contributed by atoms with Crippen molar-refractivity contribution in [2.75, 3.05) is 37.7 Å². The van der Waals surface area contributed by atoms with E-state index in [1.807, 2.05) is 43.7 Å². The highest BCUT2D eigenvalue weighted by molar-refractivity contribution is 6.30. The van der Waals surface area contributed by atoms with Crippen LogP contribution in [0.25, 0.3) is 11.2 Å². The van der Waals surface area contributed by atoms with Crippen molar-refractivity contribution in [2.24, 2.45) is 13.0 Å². The number of halogens is 4. The summed E-state index contributed by atoms with van der Waals surface area (Å²) >= 11 is 12.3. The standard InChI is InChI=1S/C22H23Cl2F2N5.C4H8O.C2H6/c1-13-11-30(20(16-10-22(16,25)26)14-3-5-15(23)6-4-14)7-8-31(13)17-9-18(24)28-21-19(17)27-12-29(21)2;1-2-4-5-3-1;1-2/h3-6,9,12-13,16,20H,7-8,10-11H2,1-2H3;1-4H2;1-2H3. The van der Waals surface area contributed by atoms with E-state index in [9.17, 15) is 8.78 Å². The number of aromatic nitrogens is 3. The molecule has 3 aliphatic rings. The van der Waals surface area contributed by atoms with E-state index >= 15 is 0 Å². The second kappa shape index (κ2) is 12.5. The van der Waals surface area contributed by atoms with Gasteiger partial charge in [0.15, 0.2) is 5.65 Å². The van der Waals surface area contributed by atoms with Crippen LogP contribution in [0.5, 0.6) is 0 Å². The number of aryl methyl sites for hydroxylation is 1. The van der Waals surface area contributed by atoms with Gasteiger partial charge < -0.3 is 14.2 Å². The Morgan fingerprint density at radius 3 is 2.29 bits per heavy atom.